The van der Waals surface area contributed by atoms with Gasteiger partial charge in [0.2, 0.25) is 0 Å². The maximum absolute atomic E-state index is 13.7. The van der Waals surface area contributed by atoms with Crippen LogP contribution in [0, 0.1) is 5.82 Å². The van der Waals surface area contributed by atoms with Crippen LogP contribution in [-0.2, 0) is 0 Å². The topological polar surface area (TPSA) is 17.8 Å². The average Bonchev–Trinajstić information content (AvgIpc) is 3.11. The van der Waals surface area contributed by atoms with Crippen molar-refractivity contribution < 1.29 is 4.39 Å². The molecule has 0 spiro atoms. The van der Waals surface area contributed by atoms with Crippen molar-refractivity contribution in [1.82, 2.24) is 9.55 Å². The number of imidazole rings is 1. The van der Waals surface area contributed by atoms with Gasteiger partial charge in [0.15, 0.2) is 0 Å². The number of fused-ring (bicyclic) bond motifs is 1. The van der Waals surface area contributed by atoms with Crippen molar-refractivity contribution in [3.8, 4) is 17.1 Å². The van der Waals surface area contributed by atoms with Gasteiger partial charge in [-0.05, 0) is 0 Å². The van der Waals surface area contributed by atoms with Gasteiger partial charge in [0.1, 0.15) is 0 Å². The second-order valence-electron chi connectivity index (χ2n) is 10.3. The van der Waals surface area contributed by atoms with Crippen LogP contribution in [0.2, 0.25) is 17.3 Å². The van der Waals surface area contributed by atoms with E-state index in [4.69, 9.17) is 4.98 Å². The molecule has 0 bridgehead atoms. The molecule has 1 heterocycles. The standard InChI is InChI=1S/C28H33FGeN2/c1-18(2)23-9-8-10-24(19(3)4)27(23)32-26-17-22(30(5,6)7)15-16-25(26)31-28(32)20-11-13-21(29)14-12-20/h8-19H,1-7H3. The fourth-order valence-corrected chi connectivity index (χ4v) is 6.75. The first kappa shape index (κ1) is 22.8. The third kappa shape index (κ3) is 4.15. The summed E-state index contributed by atoms with van der Waals surface area (Å²) in [5, 5.41) is 0. The van der Waals surface area contributed by atoms with Gasteiger partial charge < -0.3 is 0 Å². The van der Waals surface area contributed by atoms with Crippen LogP contribution in [0.25, 0.3) is 28.1 Å². The van der Waals surface area contributed by atoms with Gasteiger partial charge in [0, 0.05) is 0 Å². The van der Waals surface area contributed by atoms with E-state index in [0.717, 1.165) is 22.4 Å². The third-order valence-corrected chi connectivity index (χ3v) is 10.5. The third-order valence-electron chi connectivity index (χ3n) is 6.19. The Balaban J connectivity index is 2.16. The van der Waals surface area contributed by atoms with E-state index in [-0.39, 0.29) is 5.82 Å². The van der Waals surface area contributed by atoms with E-state index in [1.54, 1.807) is 0 Å². The summed E-state index contributed by atoms with van der Waals surface area (Å²) >= 11 is -2.05. The van der Waals surface area contributed by atoms with E-state index in [1.807, 2.05) is 12.1 Å². The van der Waals surface area contributed by atoms with E-state index in [2.05, 4.69) is 85.9 Å². The number of aromatic nitrogens is 2. The number of halogens is 1. The zero-order valence-corrected chi connectivity index (χ0v) is 22.3. The Kier molecular flexibility index (Phi) is 6.06. The number of hydrogen-bond acceptors (Lipinski definition) is 1. The first-order valence-electron chi connectivity index (χ1n) is 11.5. The van der Waals surface area contributed by atoms with Crippen molar-refractivity contribution in [2.24, 2.45) is 0 Å². The molecule has 0 aliphatic carbocycles. The Morgan fingerprint density at radius 1 is 0.812 bits per heavy atom. The van der Waals surface area contributed by atoms with Crippen LogP contribution in [0.15, 0.2) is 60.7 Å². The molecule has 4 rings (SSSR count). The zero-order valence-electron chi connectivity index (χ0n) is 20.2. The Bertz CT molecular complexity index is 1240. The molecular formula is C28H33FGeN2. The molecule has 0 atom stereocenters. The van der Waals surface area contributed by atoms with Crippen LogP contribution in [0.3, 0.4) is 0 Å². The van der Waals surface area contributed by atoms with E-state index < -0.39 is 13.3 Å². The van der Waals surface area contributed by atoms with Gasteiger partial charge in [0.25, 0.3) is 0 Å². The van der Waals surface area contributed by atoms with E-state index in [9.17, 15) is 4.39 Å². The number of rotatable bonds is 5. The molecule has 32 heavy (non-hydrogen) atoms. The van der Waals surface area contributed by atoms with Gasteiger partial charge in [-0.25, -0.2) is 0 Å². The molecule has 0 aliphatic heterocycles. The van der Waals surface area contributed by atoms with Gasteiger partial charge in [-0.2, -0.15) is 0 Å². The zero-order chi connectivity index (χ0) is 23.2. The van der Waals surface area contributed by atoms with Crippen molar-refractivity contribution in [3.05, 3.63) is 77.6 Å². The Morgan fingerprint density at radius 2 is 1.41 bits per heavy atom. The number of hydrogen-bond donors (Lipinski definition) is 0. The minimum absolute atomic E-state index is 0.232. The molecule has 3 aromatic carbocycles. The van der Waals surface area contributed by atoms with Crippen LogP contribution in [-0.4, -0.2) is 22.8 Å². The molecule has 0 N–H and O–H groups in total. The van der Waals surface area contributed by atoms with Crippen LogP contribution in [0.5, 0.6) is 0 Å². The molecule has 0 radical (unpaired) electrons. The van der Waals surface area contributed by atoms with Crippen LogP contribution < -0.4 is 4.40 Å². The molecule has 0 saturated carbocycles. The van der Waals surface area contributed by atoms with Gasteiger partial charge in [0.05, 0.1) is 0 Å². The summed E-state index contributed by atoms with van der Waals surface area (Å²) in [6.07, 6.45) is 0. The molecule has 0 unspecified atom stereocenters. The monoisotopic (exact) mass is 490 g/mol. The van der Waals surface area contributed by atoms with E-state index >= 15 is 0 Å². The van der Waals surface area contributed by atoms with E-state index in [1.165, 1.54) is 33.3 Å². The molecule has 0 fully saturated rings. The second-order valence-corrected chi connectivity index (χ2v) is 21.0. The molecule has 4 heteroatoms. The molecule has 1 aromatic heterocycles. The fraction of sp³-hybridized carbons (Fsp3) is 0.321. The summed E-state index contributed by atoms with van der Waals surface area (Å²) in [6, 6.07) is 20.1. The van der Waals surface area contributed by atoms with E-state index in [0.29, 0.717) is 11.8 Å². The molecule has 2 nitrogen and oxygen atoms in total. The van der Waals surface area contributed by atoms with Gasteiger partial charge in [-0.15, -0.1) is 0 Å². The van der Waals surface area contributed by atoms with Gasteiger partial charge in [-0.3, -0.25) is 0 Å². The molecule has 4 aromatic rings. The van der Waals surface area contributed by atoms with Crippen LogP contribution in [0.1, 0.15) is 50.7 Å². The summed E-state index contributed by atoms with van der Waals surface area (Å²) < 4.78 is 17.5. The first-order valence-corrected chi connectivity index (χ1v) is 18.8. The van der Waals surface area contributed by atoms with Crippen LogP contribution >= 0.6 is 0 Å². The molecule has 0 aliphatic rings. The summed E-state index contributed by atoms with van der Waals surface area (Å²) in [6.45, 7) is 8.98. The summed E-state index contributed by atoms with van der Waals surface area (Å²) in [7, 11) is 0. The first-order chi connectivity index (χ1) is 15.1. The number of benzene rings is 3. The van der Waals surface area contributed by atoms with Gasteiger partial charge >= 0.3 is 194 Å². The molecule has 166 valence electrons. The van der Waals surface area contributed by atoms with Crippen molar-refractivity contribution in [3.63, 3.8) is 0 Å². The van der Waals surface area contributed by atoms with Crippen molar-refractivity contribution >= 4 is 28.7 Å². The SMILES string of the molecule is CC(C)c1cccc(C(C)C)c1-n1c(-c2ccc(F)cc2)nc2cc[c]([Ge]([CH3])([CH3])[CH3])cc21. The molecule has 0 saturated heterocycles. The molecular weight excluding hydrogens is 456 g/mol. The molecule has 0 amide bonds. The van der Waals surface area contributed by atoms with Crippen molar-refractivity contribution in [2.75, 3.05) is 0 Å². The Hall–Kier alpha value is -2.40. The predicted octanol–water partition coefficient (Wildman–Crippen LogP) is 7.62. The Morgan fingerprint density at radius 3 is 1.94 bits per heavy atom. The Labute approximate surface area is 193 Å². The summed E-state index contributed by atoms with van der Waals surface area (Å²) in [5.41, 5.74) is 6.88. The normalized spacial score (nSPS) is 12.3. The number of nitrogens with zero attached hydrogens (tertiary/aromatic N) is 2. The predicted molar refractivity (Wildman–Crippen MR) is 138 cm³/mol. The maximum atomic E-state index is 13.7. The quantitative estimate of drug-likeness (QED) is 0.264. The summed E-state index contributed by atoms with van der Waals surface area (Å²) in [4.78, 5) is 5.07. The summed E-state index contributed by atoms with van der Waals surface area (Å²) in [5.74, 6) is 8.63. The number of para-hydroxylation sites is 1. The second kappa shape index (κ2) is 8.51. The fourth-order valence-electron chi connectivity index (χ4n) is 4.33. The van der Waals surface area contributed by atoms with Crippen molar-refractivity contribution in [1.29, 1.82) is 0 Å². The average molecular weight is 489 g/mol. The van der Waals surface area contributed by atoms with Crippen LogP contribution in [0.4, 0.5) is 4.39 Å². The minimum atomic E-state index is -2.05. The van der Waals surface area contributed by atoms with Crippen molar-refractivity contribution in [2.45, 2.75) is 56.8 Å². The van der Waals surface area contributed by atoms with Gasteiger partial charge in [-0.1, -0.05) is 0 Å².